The second-order valence-electron chi connectivity index (χ2n) is 6.83. The van der Waals surface area contributed by atoms with E-state index < -0.39 is 0 Å². The van der Waals surface area contributed by atoms with Crippen LogP contribution >= 0.6 is 24.0 Å². The molecule has 1 aliphatic rings. The number of hydrogen-bond acceptors (Lipinski definition) is 6. The molecule has 0 saturated carbocycles. The number of nitrogens with zero attached hydrogens (tertiary/aromatic N) is 3. The van der Waals surface area contributed by atoms with Crippen LogP contribution in [-0.4, -0.2) is 37.6 Å². The number of aromatic nitrogens is 2. The first-order valence-corrected chi connectivity index (χ1v) is 10.8. The van der Waals surface area contributed by atoms with Gasteiger partial charge in [-0.05, 0) is 31.1 Å². The summed E-state index contributed by atoms with van der Waals surface area (Å²) in [4.78, 5) is 32.5. The summed E-state index contributed by atoms with van der Waals surface area (Å²) in [6.07, 6.45) is 8.16. The molecule has 29 heavy (non-hydrogen) atoms. The van der Waals surface area contributed by atoms with E-state index >= 15 is 0 Å². The highest BCUT2D eigenvalue weighted by Gasteiger charge is 2.31. The van der Waals surface area contributed by atoms with Crippen molar-refractivity contribution in [3.63, 3.8) is 0 Å². The van der Waals surface area contributed by atoms with Crippen molar-refractivity contribution < 1.29 is 4.79 Å². The Morgan fingerprint density at radius 1 is 1.31 bits per heavy atom. The molecule has 3 heterocycles. The standard InChI is InChI=1S/C21H24N4O2S2/c1-4-6-7-10-22-18-15(12-16-20(27)24(11-5-2)21(28)29-16)19(26)25-13-14(3)8-9-17(25)23-18/h5,8-9,12-13,22H,2,4,6-7,10-11H2,1,3H3. The molecule has 0 radical (unpaired) electrons. The van der Waals surface area contributed by atoms with E-state index in [9.17, 15) is 9.59 Å². The summed E-state index contributed by atoms with van der Waals surface area (Å²) in [6, 6.07) is 3.74. The van der Waals surface area contributed by atoms with Gasteiger partial charge in [-0.25, -0.2) is 4.98 Å². The highest BCUT2D eigenvalue weighted by atomic mass is 32.2. The number of rotatable bonds is 8. The number of carbonyl (C=O) groups excluding carboxylic acids is 1. The SMILES string of the molecule is C=CCN1C(=O)C(=Cc2c(NCCCCC)nc3ccc(C)cn3c2=O)SC1=S. The highest BCUT2D eigenvalue weighted by molar-refractivity contribution is 8.26. The molecule has 1 saturated heterocycles. The molecule has 0 unspecified atom stereocenters. The van der Waals surface area contributed by atoms with E-state index in [2.05, 4.69) is 23.8 Å². The van der Waals surface area contributed by atoms with E-state index in [0.29, 0.717) is 39.3 Å². The summed E-state index contributed by atoms with van der Waals surface area (Å²) in [5, 5.41) is 3.28. The fourth-order valence-corrected chi connectivity index (χ4v) is 4.28. The van der Waals surface area contributed by atoms with Crippen LogP contribution < -0.4 is 10.9 Å². The van der Waals surface area contributed by atoms with Gasteiger partial charge in [0.15, 0.2) is 0 Å². The van der Waals surface area contributed by atoms with Crippen LogP contribution in [0.5, 0.6) is 0 Å². The minimum absolute atomic E-state index is 0.217. The fraction of sp³-hybridized carbons (Fsp3) is 0.333. The highest BCUT2D eigenvalue weighted by Crippen LogP contribution is 2.32. The van der Waals surface area contributed by atoms with Crippen molar-refractivity contribution in [2.24, 2.45) is 0 Å². The number of carbonyl (C=O) groups is 1. The first kappa shape index (κ1) is 21.3. The largest absolute Gasteiger partial charge is 0.369 e. The van der Waals surface area contributed by atoms with Gasteiger partial charge in [0.05, 0.1) is 10.5 Å². The molecular formula is C21H24N4O2S2. The van der Waals surface area contributed by atoms with Gasteiger partial charge in [0.1, 0.15) is 15.8 Å². The first-order chi connectivity index (χ1) is 14.0. The van der Waals surface area contributed by atoms with E-state index in [-0.39, 0.29) is 11.5 Å². The summed E-state index contributed by atoms with van der Waals surface area (Å²) in [7, 11) is 0. The lowest BCUT2D eigenvalue weighted by Gasteiger charge is -2.12. The summed E-state index contributed by atoms with van der Waals surface area (Å²) >= 11 is 6.49. The molecule has 2 aromatic rings. The van der Waals surface area contributed by atoms with Crippen LogP contribution in [0, 0.1) is 6.92 Å². The summed E-state index contributed by atoms with van der Waals surface area (Å²) in [5.74, 6) is 0.273. The number of unbranched alkanes of at least 4 members (excludes halogenated alkanes) is 2. The molecule has 8 heteroatoms. The maximum Gasteiger partial charge on any atom is 0.267 e. The molecule has 2 aromatic heterocycles. The maximum absolute atomic E-state index is 13.2. The summed E-state index contributed by atoms with van der Waals surface area (Å²) < 4.78 is 1.98. The van der Waals surface area contributed by atoms with Gasteiger partial charge < -0.3 is 5.32 Å². The quantitative estimate of drug-likeness (QED) is 0.297. The van der Waals surface area contributed by atoms with Gasteiger partial charge >= 0.3 is 0 Å². The molecule has 0 aromatic carbocycles. The number of nitrogens with one attached hydrogen (secondary N) is 1. The van der Waals surface area contributed by atoms with Crippen LogP contribution in [0.15, 0.2) is 40.7 Å². The van der Waals surface area contributed by atoms with Crippen molar-refractivity contribution in [1.82, 2.24) is 14.3 Å². The molecule has 1 fully saturated rings. The van der Waals surface area contributed by atoms with Crippen molar-refractivity contribution in [3.8, 4) is 0 Å². The molecule has 0 atom stereocenters. The number of hydrogen-bond donors (Lipinski definition) is 1. The van der Waals surface area contributed by atoms with Gasteiger partial charge in [-0.15, -0.1) is 6.58 Å². The zero-order valence-electron chi connectivity index (χ0n) is 16.6. The number of aryl methyl sites for hydroxylation is 1. The van der Waals surface area contributed by atoms with E-state index in [4.69, 9.17) is 12.2 Å². The summed E-state index contributed by atoms with van der Waals surface area (Å²) in [5.41, 5.74) is 1.66. The first-order valence-electron chi connectivity index (χ1n) is 9.59. The van der Waals surface area contributed by atoms with E-state index in [1.807, 2.05) is 19.1 Å². The van der Waals surface area contributed by atoms with Gasteiger partial charge in [-0.2, -0.15) is 0 Å². The third-order valence-electron chi connectivity index (χ3n) is 4.54. The zero-order valence-corrected chi connectivity index (χ0v) is 18.2. The Labute approximate surface area is 179 Å². The molecule has 152 valence electrons. The fourth-order valence-electron chi connectivity index (χ4n) is 3.02. The lowest BCUT2D eigenvalue weighted by molar-refractivity contribution is -0.121. The van der Waals surface area contributed by atoms with Gasteiger partial charge in [0.2, 0.25) is 0 Å². The predicted octanol–water partition coefficient (Wildman–Crippen LogP) is 3.99. The Hall–Kier alpha value is -2.45. The monoisotopic (exact) mass is 428 g/mol. The smallest absolute Gasteiger partial charge is 0.267 e. The minimum Gasteiger partial charge on any atom is -0.369 e. The molecule has 1 aliphatic heterocycles. The Bertz CT molecular complexity index is 1060. The van der Waals surface area contributed by atoms with E-state index in [1.54, 1.807) is 18.3 Å². The Balaban J connectivity index is 2.07. The molecule has 0 spiro atoms. The Morgan fingerprint density at radius 3 is 2.83 bits per heavy atom. The number of thioether (sulfide) groups is 1. The van der Waals surface area contributed by atoms with Gasteiger partial charge in [0.25, 0.3) is 11.5 Å². The molecular weight excluding hydrogens is 404 g/mol. The van der Waals surface area contributed by atoms with Crippen molar-refractivity contribution in [2.75, 3.05) is 18.4 Å². The number of amides is 1. The predicted molar refractivity (Wildman–Crippen MR) is 124 cm³/mol. The van der Waals surface area contributed by atoms with Crippen LogP contribution in [0.4, 0.5) is 5.82 Å². The molecule has 6 nitrogen and oxygen atoms in total. The average molecular weight is 429 g/mol. The molecule has 0 bridgehead atoms. The molecule has 0 aliphatic carbocycles. The maximum atomic E-state index is 13.2. The zero-order chi connectivity index (χ0) is 21.0. The normalized spacial score (nSPS) is 15.5. The molecule has 3 rings (SSSR count). The third kappa shape index (κ3) is 4.59. The van der Waals surface area contributed by atoms with Crippen molar-refractivity contribution in [2.45, 2.75) is 33.1 Å². The van der Waals surface area contributed by atoms with Crippen LogP contribution in [0.2, 0.25) is 0 Å². The number of pyridine rings is 1. The summed E-state index contributed by atoms with van der Waals surface area (Å²) in [6.45, 7) is 8.78. The third-order valence-corrected chi connectivity index (χ3v) is 5.92. The Morgan fingerprint density at radius 2 is 2.10 bits per heavy atom. The molecule has 1 N–H and O–H groups in total. The molecule has 1 amide bonds. The van der Waals surface area contributed by atoms with E-state index in [1.165, 1.54) is 21.1 Å². The topological polar surface area (TPSA) is 66.7 Å². The average Bonchev–Trinajstić information content (AvgIpc) is 2.96. The van der Waals surface area contributed by atoms with Gasteiger partial charge in [-0.3, -0.25) is 18.9 Å². The van der Waals surface area contributed by atoms with Crippen LogP contribution in [-0.2, 0) is 4.79 Å². The van der Waals surface area contributed by atoms with Gasteiger partial charge in [-0.1, -0.05) is 55.9 Å². The number of fused-ring (bicyclic) bond motifs is 1. The van der Waals surface area contributed by atoms with Crippen molar-refractivity contribution in [1.29, 1.82) is 0 Å². The number of thiocarbonyl (C=S) groups is 1. The van der Waals surface area contributed by atoms with E-state index in [0.717, 1.165) is 24.8 Å². The van der Waals surface area contributed by atoms with Crippen LogP contribution in [0.1, 0.15) is 37.3 Å². The second-order valence-corrected chi connectivity index (χ2v) is 8.50. The van der Waals surface area contributed by atoms with Gasteiger partial charge in [0, 0.05) is 19.3 Å². The Kier molecular flexibility index (Phi) is 6.87. The number of anilines is 1. The van der Waals surface area contributed by atoms with Crippen molar-refractivity contribution in [3.05, 3.63) is 57.4 Å². The second kappa shape index (κ2) is 9.37. The van der Waals surface area contributed by atoms with Crippen LogP contribution in [0.25, 0.3) is 11.7 Å². The lowest BCUT2D eigenvalue weighted by Crippen LogP contribution is -2.28. The lowest BCUT2D eigenvalue weighted by atomic mass is 10.2. The van der Waals surface area contributed by atoms with Crippen LogP contribution in [0.3, 0.4) is 0 Å². The minimum atomic E-state index is -0.217. The van der Waals surface area contributed by atoms with Crippen molar-refractivity contribution >= 4 is 51.7 Å².